The quantitative estimate of drug-likeness (QED) is 0.250. The maximum absolute atomic E-state index is 13.6. The Hall–Kier alpha value is -3.42. The number of nitrogens with zero attached hydrogens (tertiary/aromatic N) is 3. The first-order valence-electron chi connectivity index (χ1n) is 15.0. The maximum atomic E-state index is 13.6. The molecule has 220 valence electrons. The lowest BCUT2D eigenvalue weighted by atomic mass is 9.93. The fourth-order valence-electron chi connectivity index (χ4n) is 5.45. The van der Waals surface area contributed by atoms with E-state index < -0.39 is 0 Å². The Labute approximate surface area is 245 Å². The molecule has 1 aromatic carbocycles. The number of aliphatic hydroxyl groups excluding tert-OH is 1. The third-order valence-electron chi connectivity index (χ3n) is 7.48. The van der Waals surface area contributed by atoms with Gasteiger partial charge in [0.1, 0.15) is 6.79 Å². The van der Waals surface area contributed by atoms with E-state index in [2.05, 4.69) is 61.7 Å². The number of aryl methyl sites for hydroxylation is 1. The Bertz CT molecular complexity index is 1250. The number of allylic oxidation sites excluding steroid dienone is 7. The van der Waals surface area contributed by atoms with Crippen molar-refractivity contribution in [2.45, 2.75) is 77.2 Å². The molecule has 2 heterocycles. The number of carbonyl (C=O) groups is 2. The summed E-state index contributed by atoms with van der Waals surface area (Å²) in [6.07, 6.45) is 22.7. The van der Waals surface area contributed by atoms with E-state index in [0.29, 0.717) is 18.7 Å². The van der Waals surface area contributed by atoms with E-state index in [0.717, 1.165) is 80.3 Å². The number of piperazine rings is 1. The zero-order valence-electron chi connectivity index (χ0n) is 24.7. The molecule has 4 rings (SSSR count). The van der Waals surface area contributed by atoms with Gasteiger partial charge in [-0.2, -0.15) is 0 Å². The van der Waals surface area contributed by atoms with Gasteiger partial charge in [0.05, 0.1) is 22.4 Å². The van der Waals surface area contributed by atoms with Crippen LogP contribution in [0.5, 0.6) is 0 Å². The summed E-state index contributed by atoms with van der Waals surface area (Å²) in [7, 11) is 0. The number of rotatable bonds is 12. The zero-order valence-corrected chi connectivity index (χ0v) is 24.7. The van der Waals surface area contributed by atoms with Crippen molar-refractivity contribution in [3.05, 3.63) is 83.3 Å². The van der Waals surface area contributed by atoms with Gasteiger partial charge >= 0.3 is 0 Å². The van der Waals surface area contributed by atoms with E-state index >= 15 is 0 Å². The molecule has 2 N–H and O–H groups in total. The molecule has 0 bridgehead atoms. The fraction of sp³-hybridized carbons (Fsp3) is 0.471. The van der Waals surface area contributed by atoms with Crippen LogP contribution in [0.2, 0.25) is 0 Å². The molecule has 1 amide bonds. The van der Waals surface area contributed by atoms with Gasteiger partial charge in [0.25, 0.3) is 5.91 Å². The highest BCUT2D eigenvalue weighted by molar-refractivity contribution is 5.97. The molecule has 7 heteroatoms. The molecular formula is C34H46N4O3. The minimum atomic E-state index is 0.0595. The van der Waals surface area contributed by atoms with Crippen LogP contribution >= 0.6 is 0 Å². The number of fused-ring (bicyclic) bond motifs is 1. The van der Waals surface area contributed by atoms with E-state index in [1.165, 1.54) is 5.57 Å². The number of unbranched alkanes of at least 4 members (excludes halogenated alkanes) is 2. The molecule has 1 aliphatic carbocycles. The summed E-state index contributed by atoms with van der Waals surface area (Å²) in [5.41, 5.74) is 5.65. The van der Waals surface area contributed by atoms with Crippen molar-refractivity contribution in [2.24, 2.45) is 0 Å². The normalized spacial score (nSPS) is 19.0. The van der Waals surface area contributed by atoms with E-state index in [9.17, 15) is 9.90 Å². The highest BCUT2D eigenvalue weighted by Gasteiger charge is 2.25. The Morgan fingerprint density at radius 3 is 2.71 bits per heavy atom. The van der Waals surface area contributed by atoms with Crippen LogP contribution in [0.1, 0.15) is 86.5 Å². The van der Waals surface area contributed by atoms with Gasteiger partial charge in [-0.1, -0.05) is 68.4 Å². The number of hydrogen-bond acceptors (Lipinski definition) is 6. The first kappa shape index (κ1) is 32.1. The SMILES string of the molecule is C=O.CC/C=C\C(=C/CC)CC1CN(C(=O)c2ccc3nc(C4C=CC=CC4)c(CCCCCO)nc3c2)CCN1. The summed E-state index contributed by atoms with van der Waals surface area (Å²) in [5, 5.41) is 12.8. The summed E-state index contributed by atoms with van der Waals surface area (Å²) in [5.74, 6) is 0.280. The smallest absolute Gasteiger partial charge is 0.254 e. The minimum absolute atomic E-state index is 0.0595. The number of nitrogens with one attached hydrogen (secondary N) is 1. The van der Waals surface area contributed by atoms with E-state index in [-0.39, 0.29) is 24.5 Å². The molecule has 1 fully saturated rings. The Kier molecular flexibility index (Phi) is 13.6. The van der Waals surface area contributed by atoms with Gasteiger partial charge in [0, 0.05) is 43.8 Å². The Morgan fingerprint density at radius 2 is 1.98 bits per heavy atom. The minimum Gasteiger partial charge on any atom is -0.396 e. The molecule has 1 aliphatic heterocycles. The van der Waals surface area contributed by atoms with Gasteiger partial charge in [-0.15, -0.1) is 0 Å². The van der Waals surface area contributed by atoms with Gasteiger partial charge in [-0.3, -0.25) is 4.79 Å². The number of aromatic nitrogens is 2. The molecule has 0 spiro atoms. The average Bonchev–Trinajstić information content (AvgIpc) is 3.02. The van der Waals surface area contributed by atoms with Crippen LogP contribution in [0, 0.1) is 0 Å². The van der Waals surface area contributed by atoms with Crippen molar-refractivity contribution >= 4 is 23.7 Å². The van der Waals surface area contributed by atoms with E-state index in [4.69, 9.17) is 14.8 Å². The van der Waals surface area contributed by atoms with Crippen molar-refractivity contribution in [1.82, 2.24) is 20.2 Å². The number of hydrogen-bond donors (Lipinski definition) is 2. The van der Waals surface area contributed by atoms with E-state index in [1.807, 2.05) is 29.9 Å². The average molecular weight is 559 g/mol. The molecule has 2 aliphatic rings. The van der Waals surface area contributed by atoms with Gasteiger partial charge < -0.3 is 20.1 Å². The summed E-state index contributed by atoms with van der Waals surface area (Å²) >= 11 is 0. The molecule has 41 heavy (non-hydrogen) atoms. The van der Waals surface area contributed by atoms with Crippen LogP contribution in [0.4, 0.5) is 0 Å². The lowest BCUT2D eigenvalue weighted by Gasteiger charge is -2.34. The molecular weight excluding hydrogens is 512 g/mol. The van der Waals surface area contributed by atoms with Crippen LogP contribution in [-0.2, 0) is 11.2 Å². The second-order valence-corrected chi connectivity index (χ2v) is 10.6. The predicted molar refractivity (Wildman–Crippen MR) is 167 cm³/mol. The van der Waals surface area contributed by atoms with Gasteiger partial charge in [0.15, 0.2) is 0 Å². The first-order chi connectivity index (χ1) is 20.1. The van der Waals surface area contributed by atoms with Crippen molar-refractivity contribution in [3.63, 3.8) is 0 Å². The second kappa shape index (κ2) is 17.4. The summed E-state index contributed by atoms with van der Waals surface area (Å²) in [4.78, 5) is 33.7. The third kappa shape index (κ3) is 9.30. The standard InChI is InChI=1S/C33H44N4O2.CH2O/c1-3-5-13-25(12-4-2)22-28-24-37(20-19-34-28)33(39)27-17-18-29-31(23-27)35-30(16-10-7-11-21-38)32(36-29)26-14-8-6-9-15-26;1-2/h5-6,8-9,12-14,17-18,23,26,28,34,38H,3-4,7,10-11,15-16,19-22,24H2,1-2H3;1H2/b13-5-,25-12+;. The molecule has 2 unspecified atom stereocenters. The highest BCUT2D eigenvalue weighted by Crippen LogP contribution is 2.28. The Morgan fingerprint density at radius 1 is 1.12 bits per heavy atom. The largest absolute Gasteiger partial charge is 0.396 e. The molecule has 1 saturated heterocycles. The fourth-order valence-corrected chi connectivity index (χ4v) is 5.45. The second-order valence-electron chi connectivity index (χ2n) is 10.6. The molecule has 2 aromatic rings. The van der Waals surface area contributed by atoms with Crippen molar-refractivity contribution < 1.29 is 14.7 Å². The monoisotopic (exact) mass is 558 g/mol. The predicted octanol–water partition coefficient (Wildman–Crippen LogP) is 5.86. The summed E-state index contributed by atoms with van der Waals surface area (Å²) < 4.78 is 0. The van der Waals surface area contributed by atoms with Gasteiger partial charge in [-0.05, 0) is 63.1 Å². The first-order valence-corrected chi connectivity index (χ1v) is 15.0. The number of aliphatic hydroxyl groups is 1. The third-order valence-corrected chi connectivity index (χ3v) is 7.48. The highest BCUT2D eigenvalue weighted by atomic mass is 16.3. The number of benzene rings is 1. The van der Waals surface area contributed by atoms with Crippen molar-refractivity contribution in [1.29, 1.82) is 0 Å². The lowest BCUT2D eigenvalue weighted by Crippen LogP contribution is -2.52. The van der Waals surface area contributed by atoms with Gasteiger partial charge in [0.2, 0.25) is 0 Å². The molecule has 2 atom stereocenters. The van der Waals surface area contributed by atoms with E-state index in [1.54, 1.807) is 0 Å². The molecule has 0 saturated carbocycles. The molecule has 7 nitrogen and oxygen atoms in total. The summed E-state index contributed by atoms with van der Waals surface area (Å²) in [6.45, 7) is 8.73. The maximum Gasteiger partial charge on any atom is 0.254 e. The van der Waals surface area contributed by atoms with Crippen LogP contribution in [0.25, 0.3) is 11.0 Å². The number of amides is 1. The van der Waals surface area contributed by atoms with Crippen molar-refractivity contribution in [3.8, 4) is 0 Å². The van der Waals surface area contributed by atoms with Crippen LogP contribution in [0.3, 0.4) is 0 Å². The molecule has 1 aromatic heterocycles. The van der Waals surface area contributed by atoms with Crippen molar-refractivity contribution in [2.75, 3.05) is 26.2 Å². The topological polar surface area (TPSA) is 95.4 Å². The van der Waals surface area contributed by atoms with Crippen LogP contribution in [0.15, 0.2) is 66.3 Å². The van der Waals surface area contributed by atoms with Crippen LogP contribution < -0.4 is 5.32 Å². The van der Waals surface area contributed by atoms with Crippen LogP contribution in [-0.4, -0.2) is 65.0 Å². The zero-order chi connectivity index (χ0) is 29.5. The lowest BCUT2D eigenvalue weighted by molar-refractivity contribution is -0.0980. The Balaban J connectivity index is 0.00000226. The molecule has 0 radical (unpaired) electrons. The summed E-state index contributed by atoms with van der Waals surface area (Å²) in [6, 6.07) is 6.03. The van der Waals surface area contributed by atoms with Gasteiger partial charge in [-0.25, -0.2) is 9.97 Å². The number of carbonyl (C=O) groups excluding carboxylic acids is 2.